The number of hydrogen-bond donors (Lipinski definition) is 0. The maximum absolute atomic E-state index is 6.00. The first-order valence-electron chi connectivity index (χ1n) is 9.35. The molecule has 0 unspecified atom stereocenters. The van der Waals surface area contributed by atoms with E-state index in [9.17, 15) is 0 Å². The zero-order chi connectivity index (χ0) is 18.8. The van der Waals surface area contributed by atoms with Crippen molar-refractivity contribution in [2.45, 2.75) is 25.3 Å². The van der Waals surface area contributed by atoms with Crippen molar-refractivity contribution in [3.8, 4) is 11.3 Å². The molecule has 0 aliphatic carbocycles. The molecule has 0 bridgehead atoms. The largest absolute Gasteiger partial charge is 0.299 e. The predicted octanol–water partition coefficient (Wildman–Crippen LogP) is 5.77. The maximum atomic E-state index is 6.00. The Hall–Kier alpha value is -1.81. The molecular weight excluding hydrogens is 377 g/mol. The fraction of sp³-hybridized carbons (Fsp3) is 0.318. The van der Waals surface area contributed by atoms with Crippen molar-refractivity contribution < 1.29 is 0 Å². The molecule has 27 heavy (non-hydrogen) atoms. The van der Waals surface area contributed by atoms with E-state index in [1.54, 1.807) is 0 Å². The molecule has 2 aromatic carbocycles. The first-order chi connectivity index (χ1) is 13.1. The van der Waals surface area contributed by atoms with Gasteiger partial charge in [-0.1, -0.05) is 47.5 Å². The van der Waals surface area contributed by atoms with Crippen molar-refractivity contribution in [1.29, 1.82) is 0 Å². The molecule has 1 fully saturated rings. The van der Waals surface area contributed by atoms with E-state index in [-0.39, 0.29) is 0 Å². The van der Waals surface area contributed by atoms with Gasteiger partial charge in [0.15, 0.2) is 0 Å². The SMILES string of the molecule is Cn1nc(-c2ccc(Cl)cc2)cc1C1CCN(Cc2ccc(Cl)cc2)CC1. The van der Waals surface area contributed by atoms with Gasteiger partial charge in [0.05, 0.1) is 5.69 Å². The second kappa shape index (κ2) is 8.05. The van der Waals surface area contributed by atoms with Crippen LogP contribution in [-0.4, -0.2) is 27.8 Å². The summed E-state index contributed by atoms with van der Waals surface area (Å²) in [7, 11) is 2.05. The fourth-order valence-electron chi connectivity index (χ4n) is 3.86. The summed E-state index contributed by atoms with van der Waals surface area (Å²) in [5.74, 6) is 0.560. The standard InChI is InChI=1S/C22H23Cl2N3/c1-26-22(14-21(25-26)17-4-8-20(24)9-5-17)18-10-12-27(13-11-18)15-16-2-6-19(23)7-3-16/h2-9,14,18H,10-13,15H2,1H3. The monoisotopic (exact) mass is 399 g/mol. The van der Waals surface area contributed by atoms with Crippen LogP contribution in [0.4, 0.5) is 0 Å². The van der Waals surface area contributed by atoms with Crippen LogP contribution in [0.1, 0.15) is 30.0 Å². The molecule has 3 nitrogen and oxygen atoms in total. The number of hydrogen-bond acceptors (Lipinski definition) is 2. The van der Waals surface area contributed by atoms with Gasteiger partial charge in [-0.05, 0) is 61.8 Å². The highest BCUT2D eigenvalue weighted by Crippen LogP contribution is 2.31. The van der Waals surface area contributed by atoms with Crippen molar-refractivity contribution in [2.24, 2.45) is 7.05 Å². The van der Waals surface area contributed by atoms with Crippen LogP contribution < -0.4 is 0 Å². The molecule has 0 radical (unpaired) electrons. The van der Waals surface area contributed by atoms with E-state index in [2.05, 4.69) is 30.1 Å². The Kier molecular flexibility index (Phi) is 5.53. The highest BCUT2D eigenvalue weighted by molar-refractivity contribution is 6.30. The molecule has 1 aliphatic heterocycles. The highest BCUT2D eigenvalue weighted by Gasteiger charge is 2.23. The minimum atomic E-state index is 0.560. The smallest absolute Gasteiger partial charge is 0.0926 e. The van der Waals surface area contributed by atoms with Gasteiger partial charge in [0.2, 0.25) is 0 Å². The summed E-state index contributed by atoms with van der Waals surface area (Å²) in [4.78, 5) is 2.52. The minimum Gasteiger partial charge on any atom is -0.299 e. The molecule has 0 amide bonds. The van der Waals surface area contributed by atoms with Crippen LogP contribution in [-0.2, 0) is 13.6 Å². The number of nitrogens with zero attached hydrogens (tertiary/aromatic N) is 3. The van der Waals surface area contributed by atoms with Gasteiger partial charge in [0, 0.05) is 40.8 Å². The number of piperidine rings is 1. The zero-order valence-electron chi connectivity index (χ0n) is 15.4. The topological polar surface area (TPSA) is 21.1 Å². The van der Waals surface area contributed by atoms with Gasteiger partial charge in [-0.3, -0.25) is 9.58 Å². The van der Waals surface area contributed by atoms with E-state index in [4.69, 9.17) is 28.3 Å². The molecular formula is C22H23Cl2N3. The first-order valence-corrected chi connectivity index (χ1v) is 10.1. The number of aryl methyl sites for hydroxylation is 1. The molecule has 1 saturated heterocycles. The molecule has 0 atom stereocenters. The van der Waals surface area contributed by atoms with Crippen molar-refractivity contribution in [2.75, 3.05) is 13.1 Å². The van der Waals surface area contributed by atoms with Crippen LogP contribution in [0.25, 0.3) is 11.3 Å². The van der Waals surface area contributed by atoms with E-state index < -0.39 is 0 Å². The average molecular weight is 400 g/mol. The zero-order valence-corrected chi connectivity index (χ0v) is 16.9. The third-order valence-electron chi connectivity index (χ3n) is 5.38. The number of aromatic nitrogens is 2. The summed E-state index contributed by atoms with van der Waals surface area (Å²) in [6.07, 6.45) is 2.32. The Bertz CT molecular complexity index is 892. The van der Waals surface area contributed by atoms with Crippen LogP contribution >= 0.6 is 23.2 Å². The van der Waals surface area contributed by atoms with Crippen LogP contribution in [0.2, 0.25) is 10.0 Å². The van der Waals surface area contributed by atoms with Crippen LogP contribution in [0.15, 0.2) is 54.6 Å². The molecule has 0 N–H and O–H groups in total. The molecule has 0 saturated carbocycles. The first kappa shape index (κ1) is 18.5. The van der Waals surface area contributed by atoms with Gasteiger partial charge < -0.3 is 0 Å². The van der Waals surface area contributed by atoms with Gasteiger partial charge in [-0.25, -0.2) is 0 Å². The quantitative estimate of drug-likeness (QED) is 0.554. The van der Waals surface area contributed by atoms with Gasteiger partial charge in [-0.2, -0.15) is 5.10 Å². The lowest BCUT2D eigenvalue weighted by Crippen LogP contribution is -2.33. The Balaban J connectivity index is 1.40. The third-order valence-corrected chi connectivity index (χ3v) is 5.89. The molecule has 1 aliphatic rings. The van der Waals surface area contributed by atoms with Crippen LogP contribution in [0.3, 0.4) is 0 Å². The summed E-state index contributed by atoms with van der Waals surface area (Å²) in [5.41, 5.74) is 4.78. The number of halogens is 2. The molecule has 4 rings (SSSR count). The average Bonchev–Trinajstić information content (AvgIpc) is 3.06. The molecule has 5 heteroatoms. The van der Waals surface area contributed by atoms with E-state index in [0.29, 0.717) is 5.92 Å². The Morgan fingerprint density at radius 1 is 0.926 bits per heavy atom. The van der Waals surface area contributed by atoms with Crippen molar-refractivity contribution >= 4 is 23.2 Å². The fourth-order valence-corrected chi connectivity index (χ4v) is 4.11. The van der Waals surface area contributed by atoms with Gasteiger partial charge in [0.1, 0.15) is 0 Å². The second-order valence-corrected chi connectivity index (χ2v) is 8.13. The van der Waals surface area contributed by atoms with Crippen molar-refractivity contribution in [3.63, 3.8) is 0 Å². The van der Waals surface area contributed by atoms with Crippen LogP contribution in [0, 0.1) is 0 Å². The third kappa shape index (κ3) is 4.37. The predicted molar refractivity (Wildman–Crippen MR) is 112 cm³/mol. The lowest BCUT2D eigenvalue weighted by molar-refractivity contribution is 0.201. The molecule has 0 spiro atoms. The highest BCUT2D eigenvalue weighted by atomic mass is 35.5. The van der Waals surface area contributed by atoms with E-state index in [1.165, 1.54) is 11.3 Å². The van der Waals surface area contributed by atoms with Crippen LogP contribution in [0.5, 0.6) is 0 Å². The van der Waals surface area contributed by atoms with E-state index in [0.717, 1.165) is 53.8 Å². The van der Waals surface area contributed by atoms with Gasteiger partial charge in [-0.15, -0.1) is 0 Å². The number of benzene rings is 2. The number of rotatable bonds is 4. The molecule has 1 aromatic heterocycles. The Morgan fingerprint density at radius 3 is 2.15 bits per heavy atom. The minimum absolute atomic E-state index is 0.560. The summed E-state index contributed by atoms with van der Waals surface area (Å²) >= 11 is 12.0. The van der Waals surface area contributed by atoms with Gasteiger partial charge >= 0.3 is 0 Å². The van der Waals surface area contributed by atoms with E-state index >= 15 is 0 Å². The normalized spacial score (nSPS) is 16.0. The molecule has 2 heterocycles. The van der Waals surface area contributed by atoms with Crippen molar-refractivity contribution in [1.82, 2.24) is 14.7 Å². The summed E-state index contributed by atoms with van der Waals surface area (Å²) < 4.78 is 2.05. The Labute approximate surface area is 170 Å². The summed E-state index contributed by atoms with van der Waals surface area (Å²) in [5, 5.41) is 6.28. The van der Waals surface area contributed by atoms with E-state index in [1.807, 2.05) is 41.1 Å². The van der Waals surface area contributed by atoms with Gasteiger partial charge in [0.25, 0.3) is 0 Å². The number of likely N-dealkylation sites (tertiary alicyclic amines) is 1. The second-order valence-electron chi connectivity index (χ2n) is 7.26. The van der Waals surface area contributed by atoms with Crippen molar-refractivity contribution in [3.05, 3.63) is 75.9 Å². The maximum Gasteiger partial charge on any atom is 0.0926 e. The lowest BCUT2D eigenvalue weighted by atomic mass is 9.92. The summed E-state index contributed by atoms with van der Waals surface area (Å²) in [6, 6.07) is 18.3. The summed E-state index contributed by atoms with van der Waals surface area (Å²) in [6.45, 7) is 3.20. The Morgan fingerprint density at radius 2 is 1.52 bits per heavy atom. The molecule has 3 aromatic rings. The molecule has 140 valence electrons. The lowest BCUT2D eigenvalue weighted by Gasteiger charge is -2.32.